The molecule has 0 saturated heterocycles. The van der Waals surface area contributed by atoms with Crippen LogP contribution in [0.1, 0.15) is 13.8 Å². The molecule has 66 valence electrons. The minimum Gasteiger partial charge on any atom is -0.291 e. The van der Waals surface area contributed by atoms with Crippen LogP contribution in [-0.2, 0) is 20.0 Å². The summed E-state index contributed by atoms with van der Waals surface area (Å²) in [4.78, 5) is 19.6. The molecule has 0 radical (unpaired) electrons. The molecule has 0 atom stereocenters. The van der Waals surface area contributed by atoms with Crippen LogP contribution in [0.3, 0.4) is 0 Å². The second-order valence-electron chi connectivity index (χ2n) is 1.56. The maximum absolute atomic E-state index is 9.79. The van der Waals surface area contributed by atoms with Gasteiger partial charge in [0.1, 0.15) is 0 Å². The molecule has 0 aliphatic heterocycles. The van der Waals surface area contributed by atoms with Crippen LogP contribution in [0.25, 0.3) is 0 Å². The Labute approximate surface area is 63.8 Å². The number of hydrogen-bond acceptors (Lipinski definition) is 4. The second-order valence-corrected chi connectivity index (χ2v) is 2.46. The van der Waals surface area contributed by atoms with Gasteiger partial charge in [-0.1, -0.05) is 0 Å². The Bertz CT molecular complexity index is 217. The fourth-order valence-electron chi connectivity index (χ4n) is 0. The van der Waals surface area contributed by atoms with Crippen molar-refractivity contribution in [2.45, 2.75) is 13.8 Å². The highest BCUT2D eigenvalue weighted by molar-refractivity contribution is 7.79. The number of Topliss-reactive ketones (excluding diaryl/α,β-unsaturated/α-hetero) is 2. The average Bonchev–Trinajstić information content (AvgIpc) is 1.59. The molecule has 11 heavy (non-hydrogen) atoms. The average molecular weight is 184 g/mol. The maximum Gasteiger partial charge on any atom is 0.394 e. The highest BCUT2D eigenvalue weighted by atomic mass is 32.3. The van der Waals surface area contributed by atoms with Gasteiger partial charge in [0, 0.05) is 13.8 Å². The summed E-state index contributed by atoms with van der Waals surface area (Å²) in [5.41, 5.74) is 0. The van der Waals surface area contributed by atoms with E-state index in [1.54, 1.807) is 0 Å². The van der Waals surface area contributed by atoms with Crippen molar-refractivity contribution in [2.24, 2.45) is 0 Å². The third-order valence-electron chi connectivity index (χ3n) is 0.496. The molecular weight excluding hydrogens is 176 g/mol. The van der Waals surface area contributed by atoms with Crippen LogP contribution in [0.4, 0.5) is 0 Å². The van der Waals surface area contributed by atoms with Gasteiger partial charge >= 0.3 is 10.4 Å². The summed E-state index contributed by atoms with van der Waals surface area (Å²) in [7, 11) is -4.67. The molecule has 0 unspecified atom stereocenters. The standard InChI is InChI=1S/C4H6O2.H2O4S/c1-3(5)4(2)6;1-5(2,3)4/h1-2H3;(H2,1,2,3,4). The lowest BCUT2D eigenvalue weighted by atomic mass is 10.3. The van der Waals surface area contributed by atoms with Crippen molar-refractivity contribution in [1.82, 2.24) is 0 Å². The maximum atomic E-state index is 9.79. The van der Waals surface area contributed by atoms with E-state index in [2.05, 4.69) is 0 Å². The quantitative estimate of drug-likeness (QED) is 0.420. The zero-order valence-electron chi connectivity index (χ0n) is 5.94. The topological polar surface area (TPSA) is 109 Å². The third-order valence-corrected chi connectivity index (χ3v) is 0.496. The van der Waals surface area contributed by atoms with Gasteiger partial charge in [0.05, 0.1) is 0 Å². The lowest BCUT2D eigenvalue weighted by molar-refractivity contribution is -0.134. The highest BCUT2D eigenvalue weighted by Gasteiger charge is 1.94. The molecule has 0 aromatic heterocycles. The van der Waals surface area contributed by atoms with Crippen LogP contribution in [0.5, 0.6) is 0 Å². The molecule has 0 saturated carbocycles. The Balaban J connectivity index is 0. The van der Waals surface area contributed by atoms with E-state index in [1.165, 1.54) is 13.8 Å². The Morgan fingerprint density at radius 3 is 1.09 bits per heavy atom. The van der Waals surface area contributed by atoms with E-state index in [0.717, 1.165) is 0 Å². The molecule has 2 N–H and O–H groups in total. The van der Waals surface area contributed by atoms with Gasteiger partial charge in [-0.15, -0.1) is 0 Å². The second kappa shape index (κ2) is 4.94. The first-order valence-corrected chi connectivity index (χ1v) is 3.75. The van der Waals surface area contributed by atoms with Gasteiger partial charge in [-0.05, 0) is 0 Å². The Hall–Kier alpha value is -0.790. The van der Waals surface area contributed by atoms with E-state index in [1.807, 2.05) is 0 Å². The van der Waals surface area contributed by atoms with E-state index in [9.17, 15) is 9.59 Å². The van der Waals surface area contributed by atoms with Crippen molar-refractivity contribution < 1.29 is 27.1 Å². The number of ketones is 2. The van der Waals surface area contributed by atoms with E-state index in [4.69, 9.17) is 17.5 Å². The molecule has 0 amide bonds. The minimum atomic E-state index is -4.67. The smallest absolute Gasteiger partial charge is 0.291 e. The van der Waals surface area contributed by atoms with Crippen molar-refractivity contribution >= 4 is 22.0 Å². The predicted octanol–water partition coefficient (Wildman–Crippen LogP) is -0.488. The molecule has 0 bridgehead atoms. The van der Waals surface area contributed by atoms with Crippen LogP contribution in [0.2, 0.25) is 0 Å². The van der Waals surface area contributed by atoms with Gasteiger partial charge < -0.3 is 0 Å². The summed E-state index contributed by atoms with van der Waals surface area (Å²) < 4.78 is 31.6. The fourth-order valence-corrected chi connectivity index (χ4v) is 0. The lowest BCUT2D eigenvalue weighted by Gasteiger charge is -1.73. The number of rotatable bonds is 1. The molecule has 0 aromatic rings. The van der Waals surface area contributed by atoms with E-state index in [0.29, 0.717) is 0 Å². The summed E-state index contributed by atoms with van der Waals surface area (Å²) in [5.74, 6) is -0.759. The lowest BCUT2D eigenvalue weighted by Crippen LogP contribution is -2.01. The van der Waals surface area contributed by atoms with Crippen molar-refractivity contribution in [1.29, 1.82) is 0 Å². The molecule has 0 aliphatic carbocycles. The third kappa shape index (κ3) is 46.5. The van der Waals surface area contributed by atoms with Crippen LogP contribution < -0.4 is 0 Å². The molecule has 7 heteroatoms. The largest absolute Gasteiger partial charge is 0.394 e. The van der Waals surface area contributed by atoms with Crippen LogP contribution in [0.15, 0.2) is 0 Å². The summed E-state index contributed by atoms with van der Waals surface area (Å²) in [6.07, 6.45) is 0. The van der Waals surface area contributed by atoms with Gasteiger partial charge in [-0.25, -0.2) is 0 Å². The van der Waals surface area contributed by atoms with E-state index < -0.39 is 10.4 Å². The molecule has 0 aliphatic rings. The number of carbonyl (C=O) groups is 2. The predicted molar refractivity (Wildman–Crippen MR) is 35.5 cm³/mol. The van der Waals surface area contributed by atoms with Gasteiger partial charge in [0.15, 0.2) is 11.6 Å². The van der Waals surface area contributed by atoms with Crippen LogP contribution >= 0.6 is 0 Å². The zero-order chi connectivity index (χ0) is 9.65. The molecule has 0 aromatic carbocycles. The molecule has 0 heterocycles. The molecular formula is C4H8O6S. The van der Waals surface area contributed by atoms with Crippen molar-refractivity contribution in [2.75, 3.05) is 0 Å². The molecule has 0 rings (SSSR count). The first kappa shape index (κ1) is 12.8. The Morgan fingerprint density at radius 2 is 1.09 bits per heavy atom. The first-order chi connectivity index (χ1) is 4.64. The summed E-state index contributed by atoms with van der Waals surface area (Å²) in [5, 5.41) is 0. The normalized spacial score (nSPS) is 9.45. The highest BCUT2D eigenvalue weighted by Crippen LogP contribution is 1.66. The van der Waals surface area contributed by atoms with Gasteiger partial charge in [-0.2, -0.15) is 8.42 Å². The van der Waals surface area contributed by atoms with E-state index >= 15 is 0 Å². The monoisotopic (exact) mass is 184 g/mol. The van der Waals surface area contributed by atoms with Crippen molar-refractivity contribution in [3.63, 3.8) is 0 Å². The summed E-state index contributed by atoms with van der Waals surface area (Å²) in [6, 6.07) is 0. The van der Waals surface area contributed by atoms with Gasteiger partial charge in [0.2, 0.25) is 0 Å². The molecule has 6 nitrogen and oxygen atoms in total. The van der Waals surface area contributed by atoms with Crippen molar-refractivity contribution in [3.8, 4) is 0 Å². The molecule has 0 spiro atoms. The molecule has 0 fully saturated rings. The number of hydrogen-bond donors (Lipinski definition) is 2. The first-order valence-electron chi connectivity index (χ1n) is 2.36. The van der Waals surface area contributed by atoms with Gasteiger partial charge in [0.25, 0.3) is 0 Å². The zero-order valence-corrected chi connectivity index (χ0v) is 6.75. The SMILES string of the molecule is CC(=O)C(C)=O.O=S(=O)(O)O. The summed E-state index contributed by atoms with van der Waals surface area (Å²) >= 11 is 0. The van der Waals surface area contributed by atoms with E-state index in [-0.39, 0.29) is 11.6 Å². The minimum absolute atomic E-state index is 0.380. The Morgan fingerprint density at radius 1 is 1.00 bits per heavy atom. The van der Waals surface area contributed by atoms with Crippen LogP contribution in [-0.4, -0.2) is 29.1 Å². The Kier molecular flexibility index (Phi) is 5.77. The fraction of sp³-hybridized carbons (Fsp3) is 0.500. The van der Waals surface area contributed by atoms with Crippen LogP contribution in [0, 0.1) is 0 Å². The number of carbonyl (C=O) groups excluding carboxylic acids is 2. The summed E-state index contributed by atoms with van der Waals surface area (Å²) in [6.45, 7) is 2.50. The van der Waals surface area contributed by atoms with Crippen molar-refractivity contribution in [3.05, 3.63) is 0 Å². The van der Waals surface area contributed by atoms with Gasteiger partial charge in [-0.3, -0.25) is 18.7 Å².